The molecule has 0 aliphatic heterocycles. The zero-order valence-corrected chi connectivity index (χ0v) is 9.67. The van der Waals surface area contributed by atoms with E-state index in [1.807, 2.05) is 42.6 Å². The minimum atomic E-state index is 0.403. The van der Waals surface area contributed by atoms with E-state index in [0.29, 0.717) is 6.10 Å². The van der Waals surface area contributed by atoms with Gasteiger partial charge in [0.1, 0.15) is 5.75 Å². The topological polar surface area (TPSA) is 22.1 Å². The predicted octanol–water partition coefficient (Wildman–Crippen LogP) is 3.68. The summed E-state index contributed by atoms with van der Waals surface area (Å²) >= 11 is 0. The molecule has 0 spiro atoms. The summed E-state index contributed by atoms with van der Waals surface area (Å²) in [6.45, 7) is 0. The molecule has 0 amide bonds. The summed E-state index contributed by atoms with van der Waals surface area (Å²) in [6.07, 6.45) is 5.86. The van der Waals surface area contributed by atoms with Crippen molar-refractivity contribution in [1.29, 1.82) is 0 Å². The van der Waals surface area contributed by atoms with Gasteiger partial charge in [0.25, 0.3) is 0 Å². The second kappa shape index (κ2) is 4.58. The van der Waals surface area contributed by atoms with E-state index in [1.54, 1.807) is 0 Å². The van der Waals surface area contributed by atoms with Crippen molar-refractivity contribution in [1.82, 2.24) is 4.98 Å². The Morgan fingerprint density at radius 3 is 2.53 bits per heavy atom. The molecule has 1 heterocycles. The van der Waals surface area contributed by atoms with Crippen LogP contribution in [0.3, 0.4) is 0 Å². The van der Waals surface area contributed by atoms with Gasteiger partial charge in [0, 0.05) is 11.8 Å². The molecule has 0 unspecified atom stereocenters. The third kappa shape index (κ3) is 2.16. The maximum absolute atomic E-state index is 6.00. The van der Waals surface area contributed by atoms with Crippen LogP contribution in [0.25, 0.3) is 11.3 Å². The van der Waals surface area contributed by atoms with Crippen LogP contribution in [0.5, 0.6) is 5.75 Å². The SMILES string of the molecule is c1ccc(-c2ccccc2OC2CCC2)nc1. The molecule has 86 valence electrons. The van der Waals surface area contributed by atoms with Gasteiger partial charge in [0.15, 0.2) is 0 Å². The Morgan fingerprint density at radius 2 is 1.82 bits per heavy atom. The number of hydrogen-bond acceptors (Lipinski definition) is 2. The van der Waals surface area contributed by atoms with E-state index in [4.69, 9.17) is 4.74 Å². The predicted molar refractivity (Wildman–Crippen MR) is 67.9 cm³/mol. The average Bonchev–Trinajstić information content (AvgIpc) is 2.35. The van der Waals surface area contributed by atoms with Crippen molar-refractivity contribution in [3.63, 3.8) is 0 Å². The lowest BCUT2D eigenvalue weighted by Gasteiger charge is -2.27. The molecule has 0 bridgehead atoms. The molecule has 2 heteroatoms. The first-order chi connectivity index (χ1) is 8.43. The molecule has 0 atom stereocenters. The van der Waals surface area contributed by atoms with Gasteiger partial charge in [-0.25, -0.2) is 0 Å². The minimum absolute atomic E-state index is 0.403. The van der Waals surface area contributed by atoms with E-state index in [9.17, 15) is 0 Å². The molecule has 1 fully saturated rings. The summed E-state index contributed by atoms with van der Waals surface area (Å²) in [5.74, 6) is 0.955. The molecule has 0 radical (unpaired) electrons. The Bertz CT molecular complexity index is 491. The minimum Gasteiger partial charge on any atom is -0.490 e. The fourth-order valence-corrected chi connectivity index (χ4v) is 1.97. The van der Waals surface area contributed by atoms with Crippen molar-refractivity contribution < 1.29 is 4.74 Å². The molecule has 1 aromatic carbocycles. The highest BCUT2D eigenvalue weighted by Crippen LogP contribution is 2.32. The Labute approximate surface area is 101 Å². The smallest absolute Gasteiger partial charge is 0.129 e. The standard InChI is InChI=1S/C15H15NO/c1-2-10-15(17-12-6-5-7-12)13(8-1)14-9-3-4-11-16-14/h1-4,8-12H,5-7H2. The number of ether oxygens (including phenoxy) is 1. The molecule has 1 aliphatic rings. The molecule has 1 aliphatic carbocycles. The number of aromatic nitrogens is 1. The molecule has 1 saturated carbocycles. The summed E-state index contributed by atoms with van der Waals surface area (Å²) in [5.41, 5.74) is 2.06. The summed E-state index contributed by atoms with van der Waals surface area (Å²) in [5, 5.41) is 0. The Hall–Kier alpha value is -1.83. The number of para-hydroxylation sites is 1. The molecular formula is C15H15NO. The summed E-state index contributed by atoms with van der Waals surface area (Å²) in [7, 11) is 0. The largest absolute Gasteiger partial charge is 0.490 e. The quantitative estimate of drug-likeness (QED) is 0.795. The van der Waals surface area contributed by atoms with E-state index in [2.05, 4.69) is 11.1 Å². The Balaban J connectivity index is 1.92. The van der Waals surface area contributed by atoms with Gasteiger partial charge in [-0.15, -0.1) is 0 Å². The van der Waals surface area contributed by atoms with E-state index < -0.39 is 0 Å². The first-order valence-corrected chi connectivity index (χ1v) is 6.10. The number of hydrogen-bond donors (Lipinski definition) is 0. The number of nitrogens with zero attached hydrogens (tertiary/aromatic N) is 1. The molecule has 1 aromatic heterocycles. The van der Waals surface area contributed by atoms with Gasteiger partial charge in [0.2, 0.25) is 0 Å². The third-order valence-electron chi connectivity index (χ3n) is 3.17. The Morgan fingerprint density at radius 1 is 1.00 bits per heavy atom. The van der Waals surface area contributed by atoms with Crippen molar-refractivity contribution in [2.75, 3.05) is 0 Å². The van der Waals surface area contributed by atoms with Crippen LogP contribution in [0.15, 0.2) is 48.7 Å². The number of benzene rings is 1. The van der Waals surface area contributed by atoms with Gasteiger partial charge >= 0.3 is 0 Å². The lowest BCUT2D eigenvalue weighted by molar-refractivity contribution is 0.121. The molecule has 0 saturated heterocycles. The van der Waals surface area contributed by atoms with Crippen LogP contribution in [-0.2, 0) is 0 Å². The van der Waals surface area contributed by atoms with E-state index in [-0.39, 0.29) is 0 Å². The number of rotatable bonds is 3. The maximum atomic E-state index is 6.00. The van der Waals surface area contributed by atoms with Crippen molar-refractivity contribution in [3.05, 3.63) is 48.7 Å². The van der Waals surface area contributed by atoms with Crippen molar-refractivity contribution >= 4 is 0 Å². The van der Waals surface area contributed by atoms with Gasteiger partial charge in [-0.3, -0.25) is 4.98 Å². The van der Waals surface area contributed by atoms with Gasteiger partial charge in [-0.05, 0) is 43.5 Å². The van der Waals surface area contributed by atoms with Gasteiger partial charge in [0.05, 0.1) is 11.8 Å². The van der Waals surface area contributed by atoms with Crippen LogP contribution in [0.2, 0.25) is 0 Å². The van der Waals surface area contributed by atoms with Crippen LogP contribution in [0.4, 0.5) is 0 Å². The van der Waals surface area contributed by atoms with E-state index in [1.165, 1.54) is 19.3 Å². The highest BCUT2D eigenvalue weighted by atomic mass is 16.5. The van der Waals surface area contributed by atoms with E-state index >= 15 is 0 Å². The third-order valence-corrected chi connectivity index (χ3v) is 3.17. The molecule has 3 rings (SSSR count). The molecule has 17 heavy (non-hydrogen) atoms. The number of pyridine rings is 1. The first kappa shape index (κ1) is 10.3. The second-order valence-corrected chi connectivity index (χ2v) is 4.38. The van der Waals surface area contributed by atoms with Gasteiger partial charge in [-0.2, -0.15) is 0 Å². The van der Waals surface area contributed by atoms with Crippen LogP contribution >= 0.6 is 0 Å². The molecule has 0 N–H and O–H groups in total. The lowest BCUT2D eigenvalue weighted by Crippen LogP contribution is -2.24. The first-order valence-electron chi connectivity index (χ1n) is 6.10. The zero-order valence-electron chi connectivity index (χ0n) is 9.67. The van der Waals surface area contributed by atoms with E-state index in [0.717, 1.165) is 17.0 Å². The maximum Gasteiger partial charge on any atom is 0.129 e. The van der Waals surface area contributed by atoms with Crippen LogP contribution in [-0.4, -0.2) is 11.1 Å². The highest BCUT2D eigenvalue weighted by Gasteiger charge is 2.20. The highest BCUT2D eigenvalue weighted by molar-refractivity contribution is 5.66. The fourth-order valence-electron chi connectivity index (χ4n) is 1.97. The zero-order chi connectivity index (χ0) is 11.5. The molecular weight excluding hydrogens is 210 g/mol. The summed E-state index contributed by atoms with van der Waals surface area (Å²) in [4.78, 5) is 4.38. The monoisotopic (exact) mass is 225 g/mol. The van der Waals surface area contributed by atoms with Crippen LogP contribution in [0, 0.1) is 0 Å². The molecule has 2 nitrogen and oxygen atoms in total. The van der Waals surface area contributed by atoms with Crippen molar-refractivity contribution in [2.24, 2.45) is 0 Å². The molecule has 2 aromatic rings. The Kier molecular flexibility index (Phi) is 2.78. The fraction of sp³-hybridized carbons (Fsp3) is 0.267. The van der Waals surface area contributed by atoms with Gasteiger partial charge in [-0.1, -0.05) is 18.2 Å². The normalized spacial score (nSPS) is 15.3. The van der Waals surface area contributed by atoms with Crippen molar-refractivity contribution in [2.45, 2.75) is 25.4 Å². The lowest BCUT2D eigenvalue weighted by atomic mass is 9.96. The summed E-state index contributed by atoms with van der Waals surface area (Å²) < 4.78 is 6.00. The van der Waals surface area contributed by atoms with Gasteiger partial charge < -0.3 is 4.74 Å². The van der Waals surface area contributed by atoms with Crippen molar-refractivity contribution in [3.8, 4) is 17.0 Å². The van der Waals surface area contributed by atoms with Crippen LogP contribution < -0.4 is 4.74 Å². The van der Waals surface area contributed by atoms with Crippen LogP contribution in [0.1, 0.15) is 19.3 Å². The summed E-state index contributed by atoms with van der Waals surface area (Å²) in [6, 6.07) is 14.1. The average molecular weight is 225 g/mol. The second-order valence-electron chi connectivity index (χ2n) is 4.38.